The maximum absolute atomic E-state index is 13.7. The number of hydrogen-bond donors (Lipinski definition) is 1. The number of nitrogens with zero attached hydrogens (tertiary/aromatic N) is 1. The molecule has 0 aliphatic rings. The third-order valence-corrected chi connectivity index (χ3v) is 2.56. The number of benzene rings is 1. The summed E-state index contributed by atoms with van der Waals surface area (Å²) in [7, 11) is 3.28. The van der Waals surface area contributed by atoms with Crippen LogP contribution < -0.4 is 10.5 Å². The van der Waals surface area contributed by atoms with E-state index in [0.717, 1.165) is 0 Å². The van der Waals surface area contributed by atoms with E-state index < -0.39 is 11.9 Å². The van der Waals surface area contributed by atoms with Crippen molar-refractivity contribution >= 4 is 5.91 Å². The van der Waals surface area contributed by atoms with Crippen LogP contribution in [0.4, 0.5) is 4.39 Å². The quantitative estimate of drug-likeness (QED) is 0.889. The molecule has 5 heteroatoms. The molecular weight excluding hydrogens is 235 g/mol. The number of halogens is 1. The topological polar surface area (TPSA) is 55.6 Å². The van der Waals surface area contributed by atoms with Crippen molar-refractivity contribution in [1.82, 2.24) is 4.90 Å². The first-order chi connectivity index (χ1) is 8.32. The number of nitrogens with two attached hydrogens (primary N) is 1. The summed E-state index contributed by atoms with van der Waals surface area (Å²) in [5.41, 5.74) is 6.04. The van der Waals surface area contributed by atoms with Gasteiger partial charge in [-0.25, -0.2) is 4.39 Å². The predicted molar refractivity (Wildman–Crippen MR) is 67.8 cm³/mol. The van der Waals surface area contributed by atoms with Gasteiger partial charge in [0.1, 0.15) is 11.6 Å². The standard InChI is InChI=1S/C13H19FN2O2/c1-8(15)11-6-5-10(7-12(11)14)18-9(2)13(17)16(3)4/h5-9H,15H2,1-4H3. The van der Waals surface area contributed by atoms with E-state index in [1.807, 2.05) is 0 Å². The molecule has 1 rings (SSSR count). The van der Waals surface area contributed by atoms with Crippen LogP contribution in [-0.4, -0.2) is 31.0 Å². The number of ether oxygens (including phenoxy) is 1. The van der Waals surface area contributed by atoms with Gasteiger partial charge in [-0.05, 0) is 19.9 Å². The van der Waals surface area contributed by atoms with Crippen molar-refractivity contribution < 1.29 is 13.9 Å². The van der Waals surface area contributed by atoms with Crippen LogP contribution >= 0.6 is 0 Å². The fourth-order valence-electron chi connectivity index (χ4n) is 1.57. The molecule has 0 aliphatic carbocycles. The number of carbonyl (C=O) groups excluding carboxylic acids is 1. The third kappa shape index (κ3) is 3.43. The summed E-state index contributed by atoms with van der Waals surface area (Å²) in [5, 5.41) is 0. The van der Waals surface area contributed by atoms with Gasteiger partial charge in [0.15, 0.2) is 6.10 Å². The van der Waals surface area contributed by atoms with Crippen LogP contribution in [0.1, 0.15) is 25.5 Å². The van der Waals surface area contributed by atoms with Crippen LogP contribution in [0.15, 0.2) is 18.2 Å². The van der Waals surface area contributed by atoms with E-state index >= 15 is 0 Å². The molecule has 0 spiro atoms. The Labute approximate surface area is 107 Å². The molecule has 4 nitrogen and oxygen atoms in total. The van der Waals surface area contributed by atoms with Gasteiger partial charge in [-0.1, -0.05) is 6.07 Å². The molecule has 0 fully saturated rings. The Kier molecular flexibility index (Phi) is 4.67. The molecule has 0 aliphatic heterocycles. The average Bonchev–Trinajstić information content (AvgIpc) is 2.27. The maximum atomic E-state index is 13.7. The summed E-state index contributed by atoms with van der Waals surface area (Å²) in [6.07, 6.45) is -0.652. The monoisotopic (exact) mass is 254 g/mol. The lowest BCUT2D eigenvalue weighted by molar-refractivity contribution is -0.135. The van der Waals surface area contributed by atoms with Gasteiger partial charge in [-0.15, -0.1) is 0 Å². The van der Waals surface area contributed by atoms with E-state index in [1.165, 1.54) is 11.0 Å². The van der Waals surface area contributed by atoms with Gasteiger partial charge in [0, 0.05) is 31.8 Å². The molecule has 2 N–H and O–H groups in total. The van der Waals surface area contributed by atoms with Crippen molar-refractivity contribution in [2.24, 2.45) is 5.73 Å². The van der Waals surface area contributed by atoms with Crippen molar-refractivity contribution in [3.63, 3.8) is 0 Å². The Morgan fingerprint density at radius 3 is 2.44 bits per heavy atom. The lowest BCUT2D eigenvalue weighted by Crippen LogP contribution is -2.35. The minimum atomic E-state index is -0.652. The number of carbonyl (C=O) groups is 1. The summed E-state index contributed by atoms with van der Waals surface area (Å²) in [4.78, 5) is 13.0. The highest BCUT2D eigenvalue weighted by atomic mass is 19.1. The molecule has 0 saturated heterocycles. The SMILES string of the molecule is CC(Oc1ccc(C(C)N)c(F)c1)C(=O)N(C)C. The molecule has 0 bridgehead atoms. The van der Waals surface area contributed by atoms with Gasteiger partial charge in [-0.2, -0.15) is 0 Å². The lowest BCUT2D eigenvalue weighted by Gasteiger charge is -2.18. The second-order valence-corrected chi connectivity index (χ2v) is 4.46. The zero-order chi connectivity index (χ0) is 13.9. The van der Waals surface area contributed by atoms with Crippen LogP contribution in [0.25, 0.3) is 0 Å². The van der Waals surface area contributed by atoms with E-state index in [-0.39, 0.29) is 11.9 Å². The van der Waals surface area contributed by atoms with Crippen molar-refractivity contribution in [1.29, 1.82) is 0 Å². The normalized spacial score (nSPS) is 13.9. The highest BCUT2D eigenvalue weighted by Gasteiger charge is 2.17. The van der Waals surface area contributed by atoms with E-state index in [2.05, 4.69) is 0 Å². The minimum Gasteiger partial charge on any atom is -0.481 e. The summed E-state index contributed by atoms with van der Waals surface area (Å²) in [6.45, 7) is 3.33. The molecule has 0 radical (unpaired) electrons. The van der Waals surface area contributed by atoms with Gasteiger partial charge in [0.25, 0.3) is 5.91 Å². The number of hydrogen-bond acceptors (Lipinski definition) is 3. The fourth-order valence-corrected chi connectivity index (χ4v) is 1.57. The molecule has 1 amide bonds. The van der Waals surface area contributed by atoms with Gasteiger partial charge < -0.3 is 15.4 Å². The van der Waals surface area contributed by atoms with Crippen LogP contribution in [0.5, 0.6) is 5.75 Å². The summed E-state index contributed by atoms with van der Waals surface area (Å²) >= 11 is 0. The van der Waals surface area contributed by atoms with E-state index in [0.29, 0.717) is 11.3 Å². The number of rotatable bonds is 4. The summed E-state index contributed by atoms with van der Waals surface area (Å²) in [6, 6.07) is 4.06. The molecule has 2 atom stereocenters. The van der Waals surface area contributed by atoms with Crippen molar-refractivity contribution in [3.8, 4) is 5.75 Å². The van der Waals surface area contributed by atoms with Gasteiger partial charge in [0.05, 0.1) is 0 Å². The molecule has 0 heterocycles. The summed E-state index contributed by atoms with van der Waals surface area (Å²) < 4.78 is 19.0. The molecule has 2 unspecified atom stereocenters. The highest BCUT2D eigenvalue weighted by molar-refractivity contribution is 5.80. The lowest BCUT2D eigenvalue weighted by atomic mass is 10.1. The van der Waals surface area contributed by atoms with Gasteiger partial charge in [0.2, 0.25) is 0 Å². The second-order valence-electron chi connectivity index (χ2n) is 4.46. The first-order valence-corrected chi connectivity index (χ1v) is 5.75. The Balaban J connectivity index is 2.81. The smallest absolute Gasteiger partial charge is 0.262 e. The molecule has 1 aromatic rings. The zero-order valence-corrected chi connectivity index (χ0v) is 11.1. The Bertz CT molecular complexity index is 433. The molecular formula is C13H19FN2O2. The van der Waals surface area contributed by atoms with E-state index in [1.54, 1.807) is 40.1 Å². The van der Waals surface area contributed by atoms with E-state index in [4.69, 9.17) is 10.5 Å². The maximum Gasteiger partial charge on any atom is 0.262 e. The summed E-state index contributed by atoms with van der Waals surface area (Å²) in [5.74, 6) is -0.279. The molecule has 0 aromatic heterocycles. The fraction of sp³-hybridized carbons (Fsp3) is 0.462. The molecule has 1 aromatic carbocycles. The largest absolute Gasteiger partial charge is 0.481 e. The van der Waals surface area contributed by atoms with Crippen LogP contribution in [0.2, 0.25) is 0 Å². The van der Waals surface area contributed by atoms with Gasteiger partial charge >= 0.3 is 0 Å². The van der Waals surface area contributed by atoms with Crippen molar-refractivity contribution in [2.45, 2.75) is 26.0 Å². The Morgan fingerprint density at radius 2 is 2.00 bits per heavy atom. The first kappa shape index (κ1) is 14.4. The predicted octanol–water partition coefficient (Wildman–Crippen LogP) is 1.70. The van der Waals surface area contributed by atoms with Crippen LogP contribution in [0.3, 0.4) is 0 Å². The van der Waals surface area contributed by atoms with Crippen molar-refractivity contribution in [2.75, 3.05) is 14.1 Å². The second kappa shape index (κ2) is 5.82. The first-order valence-electron chi connectivity index (χ1n) is 5.75. The Hall–Kier alpha value is -1.62. The average molecular weight is 254 g/mol. The third-order valence-electron chi connectivity index (χ3n) is 2.56. The number of amides is 1. The van der Waals surface area contributed by atoms with Crippen LogP contribution in [-0.2, 0) is 4.79 Å². The molecule has 100 valence electrons. The van der Waals surface area contributed by atoms with E-state index in [9.17, 15) is 9.18 Å². The highest BCUT2D eigenvalue weighted by Crippen LogP contribution is 2.21. The number of likely N-dealkylation sites (N-methyl/N-ethyl adjacent to an activating group) is 1. The zero-order valence-electron chi connectivity index (χ0n) is 11.1. The Morgan fingerprint density at radius 1 is 1.39 bits per heavy atom. The minimum absolute atomic E-state index is 0.174. The van der Waals surface area contributed by atoms with Crippen LogP contribution in [0, 0.1) is 5.82 Å². The molecule has 18 heavy (non-hydrogen) atoms. The van der Waals surface area contributed by atoms with Gasteiger partial charge in [-0.3, -0.25) is 4.79 Å². The van der Waals surface area contributed by atoms with Crippen molar-refractivity contribution in [3.05, 3.63) is 29.6 Å². The molecule has 0 saturated carbocycles.